The maximum Gasteiger partial charge on any atom is 0.231 e. The van der Waals surface area contributed by atoms with Crippen molar-refractivity contribution in [3.8, 4) is 11.8 Å². The number of aromatic nitrogens is 1. The van der Waals surface area contributed by atoms with Crippen molar-refractivity contribution in [1.82, 2.24) is 10.3 Å². The highest BCUT2D eigenvalue weighted by Crippen LogP contribution is 2.26. The number of aryl methyl sites for hydroxylation is 1. The van der Waals surface area contributed by atoms with Gasteiger partial charge in [0.05, 0.1) is 29.5 Å². The maximum absolute atomic E-state index is 12.2. The van der Waals surface area contributed by atoms with E-state index in [4.69, 9.17) is 4.74 Å². The predicted octanol–water partition coefficient (Wildman–Crippen LogP) is 3.70. The third-order valence-corrected chi connectivity index (χ3v) is 5.25. The number of amides is 1. The summed E-state index contributed by atoms with van der Waals surface area (Å²) in [4.78, 5) is 16.8. The lowest BCUT2D eigenvalue weighted by molar-refractivity contribution is -0.120. The second-order valence-corrected chi connectivity index (χ2v) is 7.46. The second-order valence-electron chi connectivity index (χ2n) is 6.47. The van der Waals surface area contributed by atoms with Crippen LogP contribution in [0.25, 0.3) is 10.9 Å². The van der Waals surface area contributed by atoms with Crippen molar-refractivity contribution in [2.75, 3.05) is 12.9 Å². The third kappa shape index (κ3) is 4.43. The Kier molecular flexibility index (Phi) is 5.91. The average Bonchev–Trinajstić information content (AvgIpc) is 2.59. The molecule has 1 aromatic heterocycles. The monoisotopic (exact) mass is 357 g/mol. The molecular formula is C19H23N3O2S. The molecule has 5 nitrogen and oxygen atoms in total. The van der Waals surface area contributed by atoms with E-state index in [2.05, 4.69) is 16.4 Å². The van der Waals surface area contributed by atoms with Crippen molar-refractivity contribution < 1.29 is 9.53 Å². The summed E-state index contributed by atoms with van der Waals surface area (Å²) in [7, 11) is 1.62. The van der Waals surface area contributed by atoms with Crippen LogP contribution in [0.1, 0.15) is 26.3 Å². The van der Waals surface area contributed by atoms with E-state index in [0.717, 1.165) is 27.2 Å². The van der Waals surface area contributed by atoms with E-state index in [-0.39, 0.29) is 17.6 Å². The molecule has 0 saturated heterocycles. The van der Waals surface area contributed by atoms with Crippen LogP contribution in [0.5, 0.6) is 5.75 Å². The number of fused-ring (bicyclic) bond motifs is 1. The lowest BCUT2D eigenvalue weighted by Gasteiger charge is -2.27. The molecule has 0 saturated carbocycles. The number of carbonyl (C=O) groups is 1. The number of ether oxygens (including phenoxy) is 1. The molecule has 1 atom stereocenters. The number of nitriles is 1. The predicted molar refractivity (Wildman–Crippen MR) is 101 cm³/mol. The second kappa shape index (κ2) is 7.75. The number of thioether (sulfide) groups is 1. The van der Waals surface area contributed by atoms with Crippen LogP contribution in [0, 0.1) is 24.2 Å². The summed E-state index contributed by atoms with van der Waals surface area (Å²) in [5, 5.41) is 13.9. The number of methoxy groups -OCH3 is 1. The molecule has 0 bridgehead atoms. The third-order valence-electron chi connectivity index (χ3n) is 4.34. The minimum Gasteiger partial charge on any atom is -0.497 e. The molecular weight excluding hydrogens is 334 g/mol. The minimum absolute atomic E-state index is 0.0277. The van der Waals surface area contributed by atoms with E-state index in [1.54, 1.807) is 14.0 Å². The first-order valence-electron chi connectivity index (χ1n) is 8.09. The van der Waals surface area contributed by atoms with Crippen molar-refractivity contribution in [1.29, 1.82) is 5.26 Å². The lowest BCUT2D eigenvalue weighted by atomic mass is 9.90. The molecule has 0 spiro atoms. The summed E-state index contributed by atoms with van der Waals surface area (Å²) < 4.78 is 5.25. The first-order chi connectivity index (χ1) is 11.8. The Morgan fingerprint density at radius 1 is 1.44 bits per heavy atom. The summed E-state index contributed by atoms with van der Waals surface area (Å²) in [5.74, 6) is 0.820. The molecule has 1 N–H and O–H groups in total. The quantitative estimate of drug-likeness (QED) is 0.798. The van der Waals surface area contributed by atoms with Gasteiger partial charge >= 0.3 is 0 Å². The molecule has 0 radical (unpaired) electrons. The van der Waals surface area contributed by atoms with Gasteiger partial charge in [-0.15, -0.1) is 0 Å². The molecule has 2 rings (SSSR count). The normalized spacial score (nSPS) is 13.3. The van der Waals surface area contributed by atoms with Crippen LogP contribution in [0.3, 0.4) is 0 Å². The van der Waals surface area contributed by atoms with Gasteiger partial charge in [-0.2, -0.15) is 5.26 Å². The maximum atomic E-state index is 12.2. The molecule has 0 aliphatic heterocycles. The fraction of sp³-hybridized carbons (Fsp3) is 0.421. The summed E-state index contributed by atoms with van der Waals surface area (Å²) in [6, 6.07) is 9.93. The van der Waals surface area contributed by atoms with E-state index < -0.39 is 5.54 Å². The smallest absolute Gasteiger partial charge is 0.231 e. The van der Waals surface area contributed by atoms with E-state index in [1.807, 2.05) is 45.0 Å². The van der Waals surface area contributed by atoms with Crippen LogP contribution in [0.15, 0.2) is 29.3 Å². The van der Waals surface area contributed by atoms with Crippen LogP contribution in [0.4, 0.5) is 0 Å². The molecule has 0 aliphatic rings. The van der Waals surface area contributed by atoms with Crippen LogP contribution < -0.4 is 10.1 Å². The molecule has 132 valence electrons. The number of hydrogen-bond donors (Lipinski definition) is 1. The molecule has 6 heteroatoms. The van der Waals surface area contributed by atoms with Gasteiger partial charge in [0, 0.05) is 11.5 Å². The standard InChI is InChI=1S/C19H23N3O2S/c1-12(2)19(4,11-20)22-17(23)10-25-18-8-13(3)15-7-6-14(24-5)9-16(15)21-18/h6-9,12H,10H2,1-5H3,(H,22,23)/t19-/m0/s1. The molecule has 25 heavy (non-hydrogen) atoms. The summed E-state index contributed by atoms with van der Waals surface area (Å²) in [6.07, 6.45) is 0. The topological polar surface area (TPSA) is 75.0 Å². The van der Waals surface area contributed by atoms with Gasteiger partial charge in [0.2, 0.25) is 5.91 Å². The summed E-state index contributed by atoms with van der Waals surface area (Å²) >= 11 is 1.36. The fourth-order valence-corrected chi connectivity index (χ4v) is 3.09. The molecule has 0 fully saturated rings. The SMILES string of the molecule is COc1ccc2c(C)cc(SCC(=O)N[C@@](C)(C#N)C(C)C)nc2c1. The van der Waals surface area contributed by atoms with Crippen LogP contribution in [-0.2, 0) is 4.79 Å². The van der Waals surface area contributed by atoms with Crippen molar-refractivity contribution in [3.63, 3.8) is 0 Å². The number of nitrogens with one attached hydrogen (secondary N) is 1. The number of nitrogens with zero attached hydrogens (tertiary/aromatic N) is 2. The lowest BCUT2D eigenvalue weighted by Crippen LogP contribution is -2.49. The van der Waals surface area contributed by atoms with Crippen LogP contribution in [0.2, 0.25) is 0 Å². The van der Waals surface area contributed by atoms with Crippen LogP contribution in [-0.4, -0.2) is 29.3 Å². The Labute approximate surface area is 152 Å². The van der Waals surface area contributed by atoms with Gasteiger partial charge in [0.25, 0.3) is 0 Å². The number of pyridine rings is 1. The van der Waals surface area contributed by atoms with E-state index in [1.165, 1.54) is 11.8 Å². The van der Waals surface area contributed by atoms with Gasteiger partial charge in [-0.1, -0.05) is 25.6 Å². The zero-order valence-corrected chi connectivity index (χ0v) is 16.0. The minimum atomic E-state index is -0.863. The molecule has 0 aliphatic carbocycles. The van der Waals surface area contributed by atoms with Gasteiger partial charge in [0.15, 0.2) is 0 Å². The Morgan fingerprint density at radius 2 is 2.16 bits per heavy atom. The molecule has 0 unspecified atom stereocenters. The largest absolute Gasteiger partial charge is 0.497 e. The Morgan fingerprint density at radius 3 is 2.76 bits per heavy atom. The summed E-state index contributed by atoms with van der Waals surface area (Å²) in [5.41, 5.74) is 1.07. The Balaban J connectivity index is 2.13. The Bertz CT molecular complexity index is 829. The number of hydrogen-bond acceptors (Lipinski definition) is 5. The van der Waals surface area contributed by atoms with Crippen molar-refractivity contribution in [3.05, 3.63) is 29.8 Å². The van der Waals surface area contributed by atoms with Crippen LogP contribution >= 0.6 is 11.8 Å². The fourth-order valence-electron chi connectivity index (χ4n) is 2.32. The highest BCUT2D eigenvalue weighted by atomic mass is 32.2. The molecule has 1 amide bonds. The van der Waals surface area contributed by atoms with E-state index in [9.17, 15) is 10.1 Å². The Hall–Kier alpha value is -2.26. The first kappa shape index (κ1) is 19.1. The molecule has 1 heterocycles. The van der Waals surface area contributed by atoms with Gasteiger partial charge in [0.1, 0.15) is 11.3 Å². The van der Waals surface area contributed by atoms with Crippen molar-refractivity contribution in [2.24, 2.45) is 5.92 Å². The highest BCUT2D eigenvalue weighted by molar-refractivity contribution is 7.99. The molecule has 1 aromatic carbocycles. The van der Waals surface area contributed by atoms with E-state index in [0.29, 0.717) is 0 Å². The van der Waals surface area contributed by atoms with Gasteiger partial charge < -0.3 is 10.1 Å². The zero-order chi connectivity index (χ0) is 18.6. The number of rotatable bonds is 6. The van der Waals surface area contributed by atoms with Crippen molar-refractivity contribution in [2.45, 2.75) is 38.3 Å². The van der Waals surface area contributed by atoms with Gasteiger partial charge in [-0.25, -0.2) is 4.98 Å². The average molecular weight is 357 g/mol. The van der Waals surface area contributed by atoms with Gasteiger partial charge in [-0.3, -0.25) is 4.79 Å². The highest BCUT2D eigenvalue weighted by Gasteiger charge is 2.29. The molecule has 2 aromatic rings. The van der Waals surface area contributed by atoms with Gasteiger partial charge in [-0.05, 0) is 43.5 Å². The van der Waals surface area contributed by atoms with Crippen molar-refractivity contribution >= 4 is 28.6 Å². The first-order valence-corrected chi connectivity index (χ1v) is 9.08. The van der Waals surface area contributed by atoms with E-state index >= 15 is 0 Å². The number of carbonyl (C=O) groups excluding carboxylic acids is 1. The summed E-state index contributed by atoms with van der Waals surface area (Å²) in [6.45, 7) is 7.59. The zero-order valence-electron chi connectivity index (χ0n) is 15.2. The number of benzene rings is 1.